The van der Waals surface area contributed by atoms with Gasteiger partial charge in [-0.1, -0.05) is 13.8 Å². The summed E-state index contributed by atoms with van der Waals surface area (Å²) in [6, 6.07) is 0.162. The number of hydrogen-bond donors (Lipinski definition) is 3. The maximum absolute atomic E-state index is 12.1. The van der Waals surface area contributed by atoms with Gasteiger partial charge < -0.3 is 15.7 Å². The number of carboxylic acids is 1. The van der Waals surface area contributed by atoms with Gasteiger partial charge >= 0.3 is 5.97 Å². The maximum Gasteiger partial charge on any atom is 0.317 e. The smallest absolute Gasteiger partial charge is 0.317 e. The molecule has 3 N–H and O–H groups in total. The number of carbonyl (C=O) groups is 3. The number of carbonyl (C=O) groups excluding carboxylic acids is 2. The zero-order chi connectivity index (χ0) is 19.7. The molecule has 0 aromatic rings. The van der Waals surface area contributed by atoms with Gasteiger partial charge in [0.15, 0.2) is 0 Å². The Morgan fingerprint density at radius 3 is 2.19 bits per heavy atom. The molecule has 1 aliphatic rings. The fourth-order valence-electron chi connectivity index (χ4n) is 3.06. The first-order chi connectivity index (χ1) is 12.2. The first-order valence-electron chi connectivity index (χ1n) is 9.60. The molecule has 6 nitrogen and oxygen atoms in total. The molecule has 1 unspecified atom stereocenters. The molecule has 150 valence electrons. The number of thioether (sulfide) groups is 1. The molecule has 0 radical (unpaired) electrons. The van der Waals surface area contributed by atoms with Crippen LogP contribution < -0.4 is 10.6 Å². The van der Waals surface area contributed by atoms with Crippen LogP contribution in [0, 0.1) is 17.8 Å². The Hall–Kier alpha value is -1.24. The number of amides is 2. The zero-order valence-corrected chi connectivity index (χ0v) is 17.2. The number of carboxylic acid groups (broad SMARTS) is 1. The fraction of sp³-hybridized carbons (Fsp3) is 0.842. The lowest BCUT2D eigenvalue weighted by molar-refractivity contribution is -0.138. The van der Waals surface area contributed by atoms with Gasteiger partial charge in [-0.3, -0.25) is 14.4 Å². The van der Waals surface area contributed by atoms with Crippen molar-refractivity contribution in [2.75, 3.05) is 12.3 Å². The van der Waals surface area contributed by atoms with Gasteiger partial charge in [-0.25, -0.2) is 0 Å². The molecule has 1 aliphatic carbocycles. The average molecular weight is 387 g/mol. The molecule has 0 spiro atoms. The van der Waals surface area contributed by atoms with Gasteiger partial charge in [-0.05, 0) is 57.1 Å². The molecule has 0 aromatic heterocycles. The zero-order valence-electron chi connectivity index (χ0n) is 16.4. The van der Waals surface area contributed by atoms with Crippen molar-refractivity contribution in [2.24, 2.45) is 17.8 Å². The van der Waals surface area contributed by atoms with E-state index in [0.29, 0.717) is 18.4 Å². The van der Waals surface area contributed by atoms with Gasteiger partial charge in [-0.15, -0.1) is 11.8 Å². The highest BCUT2D eigenvalue weighted by Crippen LogP contribution is 2.28. The second kappa shape index (κ2) is 11.5. The third-order valence-electron chi connectivity index (χ3n) is 4.51. The van der Waals surface area contributed by atoms with Crippen LogP contribution in [0.15, 0.2) is 0 Å². The Kier molecular flexibility index (Phi) is 10.1. The fourth-order valence-corrected chi connectivity index (χ4v) is 4.08. The molecule has 0 aromatic carbocycles. The molecule has 0 heterocycles. The molecule has 1 saturated carbocycles. The summed E-state index contributed by atoms with van der Waals surface area (Å²) < 4.78 is 0. The lowest BCUT2D eigenvalue weighted by Gasteiger charge is -2.28. The molecule has 2 amide bonds. The van der Waals surface area contributed by atoms with Crippen molar-refractivity contribution in [1.29, 1.82) is 0 Å². The lowest BCUT2D eigenvalue weighted by Crippen LogP contribution is -2.39. The predicted molar refractivity (Wildman–Crippen MR) is 105 cm³/mol. The molecule has 1 rings (SSSR count). The number of rotatable bonds is 10. The largest absolute Gasteiger partial charge is 0.480 e. The molecule has 26 heavy (non-hydrogen) atoms. The van der Waals surface area contributed by atoms with Gasteiger partial charge in [0.05, 0.1) is 0 Å². The minimum atomic E-state index is -0.928. The van der Waals surface area contributed by atoms with Crippen LogP contribution in [0.25, 0.3) is 0 Å². The maximum atomic E-state index is 12.1. The number of nitrogens with one attached hydrogen (secondary N) is 2. The first kappa shape index (κ1) is 22.8. The van der Waals surface area contributed by atoms with E-state index in [-0.39, 0.29) is 30.2 Å². The van der Waals surface area contributed by atoms with Crippen LogP contribution in [-0.4, -0.2) is 46.5 Å². The Morgan fingerprint density at radius 2 is 1.69 bits per heavy atom. The Bertz CT molecular complexity index is 474. The van der Waals surface area contributed by atoms with E-state index in [1.165, 1.54) is 11.8 Å². The topological polar surface area (TPSA) is 95.5 Å². The Labute approximate surface area is 161 Å². The average Bonchev–Trinajstić information content (AvgIpc) is 2.56. The van der Waals surface area contributed by atoms with Crippen LogP contribution in [-0.2, 0) is 14.4 Å². The van der Waals surface area contributed by atoms with E-state index in [2.05, 4.69) is 10.6 Å². The highest BCUT2D eigenvalue weighted by molar-refractivity contribution is 8.00. The van der Waals surface area contributed by atoms with Crippen molar-refractivity contribution in [3.05, 3.63) is 0 Å². The molecule has 0 aliphatic heterocycles. The molecule has 1 atom stereocenters. The SMILES string of the molecule is CC(C)CSC(CC(=O)NCC1CCC(C(=O)NC(C)C)CC1)C(=O)O. The number of aliphatic carboxylic acids is 1. The second-order valence-corrected chi connectivity index (χ2v) is 9.18. The minimum Gasteiger partial charge on any atom is -0.480 e. The van der Waals surface area contributed by atoms with Crippen LogP contribution in [0.5, 0.6) is 0 Å². The van der Waals surface area contributed by atoms with E-state index in [4.69, 9.17) is 0 Å². The van der Waals surface area contributed by atoms with Crippen molar-refractivity contribution < 1.29 is 19.5 Å². The van der Waals surface area contributed by atoms with Crippen LogP contribution in [0.4, 0.5) is 0 Å². The summed E-state index contributed by atoms with van der Waals surface area (Å²) in [5, 5.41) is 14.4. The summed E-state index contributed by atoms with van der Waals surface area (Å²) in [6.07, 6.45) is 3.54. The van der Waals surface area contributed by atoms with Gasteiger partial charge in [0.2, 0.25) is 11.8 Å². The molecular formula is C19H34N2O4S. The molecule has 0 saturated heterocycles. The minimum absolute atomic E-state index is 0.0128. The normalized spacial score (nSPS) is 21.5. The van der Waals surface area contributed by atoms with Crippen molar-refractivity contribution in [3.8, 4) is 0 Å². The highest BCUT2D eigenvalue weighted by atomic mass is 32.2. The van der Waals surface area contributed by atoms with Gasteiger partial charge in [-0.2, -0.15) is 0 Å². The lowest BCUT2D eigenvalue weighted by atomic mass is 9.81. The van der Waals surface area contributed by atoms with E-state index in [9.17, 15) is 19.5 Å². The third kappa shape index (κ3) is 8.92. The Morgan fingerprint density at radius 1 is 1.08 bits per heavy atom. The Balaban J connectivity index is 2.30. The summed E-state index contributed by atoms with van der Waals surface area (Å²) in [4.78, 5) is 35.4. The molecular weight excluding hydrogens is 352 g/mol. The second-order valence-electron chi connectivity index (χ2n) is 7.94. The van der Waals surface area contributed by atoms with E-state index >= 15 is 0 Å². The van der Waals surface area contributed by atoms with E-state index in [1.807, 2.05) is 27.7 Å². The van der Waals surface area contributed by atoms with E-state index < -0.39 is 11.2 Å². The summed E-state index contributed by atoms with van der Waals surface area (Å²) >= 11 is 1.33. The summed E-state index contributed by atoms with van der Waals surface area (Å²) in [7, 11) is 0. The van der Waals surface area contributed by atoms with Crippen LogP contribution in [0.1, 0.15) is 59.8 Å². The predicted octanol–water partition coefficient (Wildman–Crippen LogP) is 2.67. The standard InChI is InChI=1S/C19H34N2O4S/c1-12(2)11-26-16(19(24)25)9-17(22)20-10-14-5-7-15(8-6-14)18(23)21-13(3)4/h12-16H,5-11H2,1-4H3,(H,20,22)(H,21,23)(H,24,25). The quantitative estimate of drug-likeness (QED) is 0.536. The van der Waals surface area contributed by atoms with Gasteiger partial charge in [0, 0.05) is 24.9 Å². The van der Waals surface area contributed by atoms with Crippen molar-refractivity contribution >= 4 is 29.5 Å². The monoisotopic (exact) mass is 386 g/mol. The van der Waals surface area contributed by atoms with Gasteiger partial charge in [0.25, 0.3) is 0 Å². The molecule has 1 fully saturated rings. The van der Waals surface area contributed by atoms with E-state index in [0.717, 1.165) is 31.4 Å². The third-order valence-corrected chi connectivity index (χ3v) is 6.14. The number of hydrogen-bond acceptors (Lipinski definition) is 4. The molecule has 0 bridgehead atoms. The molecule has 7 heteroatoms. The van der Waals surface area contributed by atoms with Gasteiger partial charge in [0.1, 0.15) is 5.25 Å². The summed E-state index contributed by atoms with van der Waals surface area (Å²) in [5.41, 5.74) is 0. The highest BCUT2D eigenvalue weighted by Gasteiger charge is 2.27. The summed E-state index contributed by atoms with van der Waals surface area (Å²) in [5.74, 6) is 0.576. The van der Waals surface area contributed by atoms with E-state index in [1.54, 1.807) is 0 Å². The summed E-state index contributed by atoms with van der Waals surface area (Å²) in [6.45, 7) is 8.55. The van der Waals surface area contributed by atoms with Crippen LogP contribution in [0.2, 0.25) is 0 Å². The van der Waals surface area contributed by atoms with Crippen molar-refractivity contribution in [1.82, 2.24) is 10.6 Å². The van der Waals surface area contributed by atoms with Crippen molar-refractivity contribution in [2.45, 2.75) is 71.1 Å². The van der Waals surface area contributed by atoms with Crippen LogP contribution >= 0.6 is 11.8 Å². The van der Waals surface area contributed by atoms with Crippen LogP contribution in [0.3, 0.4) is 0 Å². The first-order valence-corrected chi connectivity index (χ1v) is 10.6. The van der Waals surface area contributed by atoms with Crippen molar-refractivity contribution in [3.63, 3.8) is 0 Å².